The lowest BCUT2D eigenvalue weighted by molar-refractivity contribution is 0.0267. The van der Waals surface area contributed by atoms with Crippen LogP contribution in [0.1, 0.15) is 52.9 Å². The summed E-state index contributed by atoms with van der Waals surface area (Å²) < 4.78 is 0. The van der Waals surface area contributed by atoms with Crippen molar-refractivity contribution in [2.24, 2.45) is 23.7 Å². The van der Waals surface area contributed by atoms with Crippen LogP contribution in [0.15, 0.2) is 0 Å². The molecular formula is C16H31NO. The molecule has 0 spiro atoms. The highest BCUT2D eigenvalue weighted by molar-refractivity contribution is 4.89. The Balaban J connectivity index is 1.95. The molecule has 2 aliphatic rings. The molecule has 1 saturated heterocycles. The molecule has 2 heteroatoms. The smallest absolute Gasteiger partial charge is 0.0460 e. The first-order valence-corrected chi connectivity index (χ1v) is 7.96. The molecule has 0 radical (unpaired) electrons. The van der Waals surface area contributed by atoms with E-state index in [-0.39, 0.29) is 0 Å². The number of aliphatic hydroxyl groups is 1. The number of aliphatic hydroxyl groups excluding tert-OH is 1. The van der Waals surface area contributed by atoms with Crippen molar-refractivity contribution in [1.29, 1.82) is 0 Å². The van der Waals surface area contributed by atoms with E-state index in [2.05, 4.69) is 25.7 Å². The molecule has 2 nitrogen and oxygen atoms in total. The summed E-state index contributed by atoms with van der Waals surface area (Å²) in [6.07, 6.45) is 6.64. The van der Waals surface area contributed by atoms with Crippen molar-refractivity contribution in [3.05, 3.63) is 0 Å². The Kier molecular flexibility index (Phi) is 5.08. The van der Waals surface area contributed by atoms with E-state index in [0.717, 1.165) is 23.8 Å². The SMILES string of the molecule is CC(C)C1CC[C@@H](C)C[C@H]1N1CCC(CO)CC1. The van der Waals surface area contributed by atoms with Gasteiger partial charge in [0.2, 0.25) is 0 Å². The third kappa shape index (κ3) is 3.27. The zero-order valence-corrected chi connectivity index (χ0v) is 12.4. The number of rotatable bonds is 3. The highest BCUT2D eigenvalue weighted by atomic mass is 16.3. The minimum absolute atomic E-state index is 0.391. The molecule has 18 heavy (non-hydrogen) atoms. The maximum Gasteiger partial charge on any atom is 0.0460 e. The molecule has 3 atom stereocenters. The van der Waals surface area contributed by atoms with Gasteiger partial charge in [0.05, 0.1) is 0 Å². The third-order valence-corrected chi connectivity index (χ3v) is 5.36. The van der Waals surface area contributed by atoms with Crippen LogP contribution in [0.2, 0.25) is 0 Å². The molecule has 1 heterocycles. The maximum atomic E-state index is 9.25. The van der Waals surface area contributed by atoms with Gasteiger partial charge in [-0.2, -0.15) is 0 Å². The second-order valence-corrected chi connectivity index (χ2v) is 7.06. The van der Waals surface area contributed by atoms with Crippen molar-refractivity contribution in [2.45, 2.75) is 58.9 Å². The second kappa shape index (κ2) is 6.38. The Morgan fingerprint density at radius 1 is 1.11 bits per heavy atom. The Bertz CT molecular complexity index is 245. The maximum absolute atomic E-state index is 9.25. The highest BCUT2D eigenvalue weighted by Gasteiger charge is 2.35. The van der Waals surface area contributed by atoms with Crippen LogP contribution >= 0.6 is 0 Å². The van der Waals surface area contributed by atoms with E-state index in [1.165, 1.54) is 45.2 Å². The van der Waals surface area contributed by atoms with Gasteiger partial charge >= 0.3 is 0 Å². The highest BCUT2D eigenvalue weighted by Crippen LogP contribution is 2.37. The van der Waals surface area contributed by atoms with Crippen LogP contribution in [0.3, 0.4) is 0 Å². The van der Waals surface area contributed by atoms with Crippen LogP contribution in [0.4, 0.5) is 0 Å². The first-order valence-electron chi connectivity index (χ1n) is 7.96. The minimum Gasteiger partial charge on any atom is -0.396 e. The van der Waals surface area contributed by atoms with Gasteiger partial charge in [-0.3, -0.25) is 0 Å². The molecule has 1 unspecified atom stereocenters. The lowest BCUT2D eigenvalue weighted by atomic mass is 9.73. The van der Waals surface area contributed by atoms with E-state index < -0.39 is 0 Å². The first-order chi connectivity index (χ1) is 8.61. The molecule has 2 fully saturated rings. The molecule has 2 rings (SSSR count). The van der Waals surface area contributed by atoms with Gasteiger partial charge in [0.15, 0.2) is 0 Å². The summed E-state index contributed by atoms with van der Waals surface area (Å²) in [5.74, 6) is 3.19. The molecule has 1 aliphatic carbocycles. The first kappa shape index (κ1) is 14.3. The van der Waals surface area contributed by atoms with E-state index in [4.69, 9.17) is 0 Å². The van der Waals surface area contributed by atoms with E-state index >= 15 is 0 Å². The molecule has 0 aromatic carbocycles. The molecular weight excluding hydrogens is 222 g/mol. The van der Waals surface area contributed by atoms with Gasteiger partial charge in [0, 0.05) is 12.6 Å². The predicted molar refractivity (Wildman–Crippen MR) is 76.5 cm³/mol. The zero-order chi connectivity index (χ0) is 13.1. The van der Waals surface area contributed by atoms with E-state index in [9.17, 15) is 5.11 Å². The van der Waals surface area contributed by atoms with Crippen LogP contribution in [-0.4, -0.2) is 35.7 Å². The molecule has 106 valence electrons. The van der Waals surface area contributed by atoms with Gasteiger partial charge in [0.1, 0.15) is 0 Å². The normalized spacial score (nSPS) is 36.2. The van der Waals surface area contributed by atoms with Crippen LogP contribution < -0.4 is 0 Å². The summed E-state index contributed by atoms with van der Waals surface area (Å²) in [6, 6.07) is 0.813. The molecule has 0 amide bonds. The third-order valence-electron chi connectivity index (χ3n) is 5.36. The Hall–Kier alpha value is -0.0800. The predicted octanol–water partition coefficient (Wildman–Crippen LogP) is 3.15. The Labute approximate surface area is 113 Å². The van der Waals surface area contributed by atoms with Crippen molar-refractivity contribution in [3.63, 3.8) is 0 Å². The van der Waals surface area contributed by atoms with Crippen LogP contribution in [0.25, 0.3) is 0 Å². The monoisotopic (exact) mass is 253 g/mol. The fourth-order valence-electron chi connectivity index (χ4n) is 4.04. The van der Waals surface area contributed by atoms with Crippen molar-refractivity contribution < 1.29 is 5.11 Å². The summed E-state index contributed by atoms with van der Waals surface area (Å²) >= 11 is 0. The van der Waals surface area contributed by atoms with Crippen LogP contribution in [-0.2, 0) is 0 Å². The molecule has 0 aromatic heterocycles. The lowest BCUT2D eigenvalue weighted by Crippen LogP contribution is -2.49. The average Bonchev–Trinajstić information content (AvgIpc) is 2.38. The number of nitrogens with zero attached hydrogens (tertiary/aromatic N) is 1. The summed E-state index contributed by atoms with van der Waals surface area (Å²) in [5.41, 5.74) is 0. The average molecular weight is 253 g/mol. The molecule has 1 saturated carbocycles. The summed E-state index contributed by atoms with van der Waals surface area (Å²) in [5, 5.41) is 9.25. The Morgan fingerprint density at radius 3 is 2.33 bits per heavy atom. The number of hydrogen-bond donors (Lipinski definition) is 1. The number of hydrogen-bond acceptors (Lipinski definition) is 2. The summed E-state index contributed by atoms with van der Waals surface area (Å²) in [7, 11) is 0. The van der Waals surface area contributed by atoms with E-state index in [1.54, 1.807) is 0 Å². The number of likely N-dealkylation sites (tertiary alicyclic amines) is 1. The van der Waals surface area contributed by atoms with Gasteiger partial charge in [-0.15, -0.1) is 0 Å². The second-order valence-electron chi connectivity index (χ2n) is 7.06. The van der Waals surface area contributed by atoms with Crippen LogP contribution in [0.5, 0.6) is 0 Å². The minimum atomic E-state index is 0.391. The summed E-state index contributed by atoms with van der Waals surface area (Å²) in [4.78, 5) is 2.74. The fraction of sp³-hybridized carbons (Fsp3) is 1.00. The quantitative estimate of drug-likeness (QED) is 0.835. The van der Waals surface area contributed by atoms with E-state index in [0.29, 0.717) is 12.5 Å². The largest absolute Gasteiger partial charge is 0.396 e. The van der Waals surface area contributed by atoms with Crippen molar-refractivity contribution in [3.8, 4) is 0 Å². The summed E-state index contributed by atoms with van der Waals surface area (Å²) in [6.45, 7) is 10.0. The van der Waals surface area contributed by atoms with Crippen molar-refractivity contribution in [2.75, 3.05) is 19.7 Å². The van der Waals surface area contributed by atoms with Gasteiger partial charge in [0.25, 0.3) is 0 Å². The van der Waals surface area contributed by atoms with Crippen LogP contribution in [0, 0.1) is 23.7 Å². The molecule has 1 N–H and O–H groups in total. The van der Waals surface area contributed by atoms with Crippen molar-refractivity contribution in [1.82, 2.24) is 4.90 Å². The van der Waals surface area contributed by atoms with Gasteiger partial charge in [-0.05, 0) is 62.4 Å². The van der Waals surface area contributed by atoms with Gasteiger partial charge < -0.3 is 10.0 Å². The number of piperidine rings is 1. The Morgan fingerprint density at radius 2 is 1.78 bits per heavy atom. The topological polar surface area (TPSA) is 23.5 Å². The fourth-order valence-corrected chi connectivity index (χ4v) is 4.04. The van der Waals surface area contributed by atoms with Crippen molar-refractivity contribution >= 4 is 0 Å². The van der Waals surface area contributed by atoms with E-state index in [1.807, 2.05) is 0 Å². The van der Waals surface area contributed by atoms with Gasteiger partial charge in [-0.25, -0.2) is 0 Å². The molecule has 0 bridgehead atoms. The molecule has 1 aliphatic heterocycles. The zero-order valence-electron chi connectivity index (χ0n) is 12.4. The standard InChI is InChI=1S/C16H31NO/c1-12(2)15-5-4-13(3)10-16(15)17-8-6-14(11-18)7-9-17/h12-16,18H,4-11H2,1-3H3/t13-,15?,16-/m1/s1. The molecule has 0 aromatic rings. The lowest BCUT2D eigenvalue weighted by Gasteiger charge is -2.46. The van der Waals surface area contributed by atoms with Gasteiger partial charge in [-0.1, -0.05) is 27.2 Å².